The summed E-state index contributed by atoms with van der Waals surface area (Å²) in [6.45, 7) is 1.32. The number of nitrogens with zero attached hydrogens (tertiary/aromatic N) is 4. The molecule has 2 aromatic rings. The highest BCUT2D eigenvalue weighted by Crippen LogP contribution is 2.33. The number of halogens is 3. The van der Waals surface area contributed by atoms with E-state index in [9.17, 15) is 22.8 Å². The van der Waals surface area contributed by atoms with Crippen LogP contribution in [0.3, 0.4) is 0 Å². The second-order valence-corrected chi connectivity index (χ2v) is 7.58. The van der Waals surface area contributed by atoms with Gasteiger partial charge in [0.1, 0.15) is 6.10 Å². The van der Waals surface area contributed by atoms with Crippen molar-refractivity contribution in [3.8, 4) is 0 Å². The number of ether oxygens (including phenoxy) is 1. The third-order valence-corrected chi connectivity index (χ3v) is 5.70. The number of urea groups is 1. The van der Waals surface area contributed by atoms with E-state index in [-0.39, 0.29) is 24.2 Å². The number of morpholine rings is 1. The predicted molar refractivity (Wildman–Crippen MR) is 98.2 cm³/mol. The molecule has 2 saturated heterocycles. The Morgan fingerprint density at radius 3 is 2.70 bits per heavy atom. The zero-order chi connectivity index (χ0) is 21.0. The molecule has 30 heavy (non-hydrogen) atoms. The largest absolute Gasteiger partial charge is 0.363 e. The van der Waals surface area contributed by atoms with Crippen molar-refractivity contribution in [2.45, 2.75) is 38.1 Å². The number of nitrogens with one attached hydrogen (secondary N) is 1. The van der Waals surface area contributed by atoms with Crippen LogP contribution < -0.4 is 10.2 Å². The van der Waals surface area contributed by atoms with E-state index < -0.39 is 29.6 Å². The fraction of sp³-hybridized carbons (Fsp3) is 0.421. The molecule has 11 heteroatoms. The lowest BCUT2D eigenvalue weighted by Crippen LogP contribution is -2.48. The first-order valence-corrected chi connectivity index (χ1v) is 9.62. The molecule has 1 N–H and O–H groups in total. The normalized spacial score (nSPS) is 23.0. The molecule has 0 spiro atoms. The molecule has 0 saturated carbocycles. The first-order valence-electron chi connectivity index (χ1n) is 9.62. The molecule has 3 aliphatic rings. The SMILES string of the molecule is O=C(Nc1cc(F)c(F)c(F)c1)N1CCn2ncc(N3CC4CCC(O4)C3=O)c2C1. The number of hydrogen-bond donors (Lipinski definition) is 1. The highest BCUT2D eigenvalue weighted by molar-refractivity contribution is 5.98. The Bertz CT molecular complexity index is 1020. The van der Waals surface area contributed by atoms with E-state index in [1.807, 2.05) is 0 Å². The van der Waals surface area contributed by atoms with Gasteiger partial charge in [0.15, 0.2) is 17.5 Å². The Labute approximate surface area is 169 Å². The smallest absolute Gasteiger partial charge is 0.322 e. The second kappa shape index (κ2) is 7.01. The summed E-state index contributed by atoms with van der Waals surface area (Å²) in [5, 5.41) is 6.72. The summed E-state index contributed by atoms with van der Waals surface area (Å²) in [5.41, 5.74) is 1.15. The lowest BCUT2D eigenvalue weighted by molar-refractivity contribution is -0.133. The van der Waals surface area contributed by atoms with Crippen LogP contribution in [0.15, 0.2) is 18.3 Å². The van der Waals surface area contributed by atoms with Crippen molar-refractivity contribution >= 4 is 23.3 Å². The Kier molecular flexibility index (Phi) is 4.42. The number of carbonyl (C=O) groups excluding carboxylic acids is 2. The maximum atomic E-state index is 13.4. The van der Waals surface area contributed by atoms with Crippen LogP contribution >= 0.6 is 0 Å². The first-order chi connectivity index (χ1) is 14.4. The second-order valence-electron chi connectivity index (χ2n) is 7.58. The Hall–Kier alpha value is -3.08. The van der Waals surface area contributed by atoms with Crippen LogP contribution in [-0.2, 0) is 22.6 Å². The van der Waals surface area contributed by atoms with E-state index in [1.54, 1.807) is 15.8 Å². The number of rotatable bonds is 2. The topological polar surface area (TPSA) is 79.7 Å². The Morgan fingerprint density at radius 2 is 1.93 bits per heavy atom. The highest BCUT2D eigenvalue weighted by Gasteiger charge is 2.42. The molecule has 5 rings (SSSR count). The molecular weight excluding hydrogens is 403 g/mol. The molecule has 8 nitrogen and oxygen atoms in total. The highest BCUT2D eigenvalue weighted by atomic mass is 19.2. The molecule has 0 aliphatic carbocycles. The lowest BCUT2D eigenvalue weighted by atomic mass is 10.2. The quantitative estimate of drug-likeness (QED) is 0.755. The van der Waals surface area contributed by atoms with Gasteiger partial charge in [-0.05, 0) is 12.8 Å². The monoisotopic (exact) mass is 421 g/mol. The van der Waals surface area contributed by atoms with E-state index in [4.69, 9.17) is 4.74 Å². The Morgan fingerprint density at radius 1 is 1.17 bits per heavy atom. The summed E-state index contributed by atoms with van der Waals surface area (Å²) in [6, 6.07) is 0.850. The van der Waals surface area contributed by atoms with Crippen LogP contribution in [0, 0.1) is 17.5 Å². The van der Waals surface area contributed by atoms with Crippen LogP contribution in [0.4, 0.5) is 29.3 Å². The average molecular weight is 421 g/mol. The zero-order valence-corrected chi connectivity index (χ0v) is 15.8. The van der Waals surface area contributed by atoms with Gasteiger partial charge in [-0.1, -0.05) is 0 Å². The van der Waals surface area contributed by atoms with Gasteiger partial charge in [-0.25, -0.2) is 18.0 Å². The van der Waals surface area contributed by atoms with Gasteiger partial charge < -0.3 is 19.9 Å². The minimum atomic E-state index is -1.59. The third-order valence-electron chi connectivity index (χ3n) is 5.70. The molecule has 2 unspecified atom stereocenters. The average Bonchev–Trinajstić information content (AvgIpc) is 3.33. The first kappa shape index (κ1) is 18.9. The van der Waals surface area contributed by atoms with Crippen molar-refractivity contribution < 1.29 is 27.5 Å². The molecule has 3 aliphatic heterocycles. The van der Waals surface area contributed by atoms with Crippen LogP contribution in [-0.4, -0.2) is 51.9 Å². The van der Waals surface area contributed by atoms with Gasteiger partial charge in [0.25, 0.3) is 5.91 Å². The third kappa shape index (κ3) is 3.09. The summed E-state index contributed by atoms with van der Waals surface area (Å²) in [6.07, 6.45) is 2.70. The minimum Gasteiger partial charge on any atom is -0.363 e. The number of amides is 3. The van der Waals surface area contributed by atoms with Gasteiger partial charge in [-0.15, -0.1) is 0 Å². The van der Waals surface area contributed by atoms with Gasteiger partial charge in [0, 0.05) is 24.4 Å². The molecule has 2 atom stereocenters. The fourth-order valence-electron chi connectivity index (χ4n) is 4.17. The molecule has 4 heterocycles. The van der Waals surface area contributed by atoms with Crippen molar-refractivity contribution in [2.75, 3.05) is 23.3 Å². The van der Waals surface area contributed by atoms with Crippen molar-refractivity contribution in [1.82, 2.24) is 14.7 Å². The number of benzene rings is 1. The summed E-state index contributed by atoms with van der Waals surface area (Å²) in [5.74, 6) is -4.48. The van der Waals surface area contributed by atoms with Gasteiger partial charge in [0.2, 0.25) is 0 Å². The van der Waals surface area contributed by atoms with E-state index in [1.165, 1.54) is 4.90 Å². The molecule has 0 radical (unpaired) electrons. The van der Waals surface area contributed by atoms with Gasteiger partial charge in [-0.3, -0.25) is 9.48 Å². The lowest BCUT2D eigenvalue weighted by Gasteiger charge is -2.34. The summed E-state index contributed by atoms with van der Waals surface area (Å²) in [4.78, 5) is 28.4. The van der Waals surface area contributed by atoms with Crippen LogP contribution in [0.1, 0.15) is 18.5 Å². The maximum Gasteiger partial charge on any atom is 0.322 e. The van der Waals surface area contributed by atoms with Crippen LogP contribution in [0.2, 0.25) is 0 Å². The van der Waals surface area contributed by atoms with Crippen molar-refractivity contribution in [2.24, 2.45) is 0 Å². The molecule has 1 aromatic heterocycles. The summed E-state index contributed by atoms with van der Waals surface area (Å²) < 4.78 is 47.3. The molecule has 1 aromatic carbocycles. The van der Waals surface area contributed by atoms with Gasteiger partial charge in [-0.2, -0.15) is 5.10 Å². The van der Waals surface area contributed by atoms with E-state index in [0.29, 0.717) is 37.4 Å². The van der Waals surface area contributed by atoms with E-state index >= 15 is 0 Å². The number of carbonyl (C=O) groups is 2. The number of anilines is 2. The molecule has 2 fully saturated rings. The number of hydrogen-bond acceptors (Lipinski definition) is 4. The molecule has 2 bridgehead atoms. The minimum absolute atomic E-state index is 0.00508. The molecular formula is C19H18F3N5O3. The number of fused-ring (bicyclic) bond motifs is 3. The molecule has 3 amide bonds. The zero-order valence-electron chi connectivity index (χ0n) is 15.8. The maximum absolute atomic E-state index is 13.4. The van der Waals surface area contributed by atoms with Crippen LogP contribution in [0.5, 0.6) is 0 Å². The molecule has 158 valence electrons. The van der Waals surface area contributed by atoms with Crippen molar-refractivity contribution in [3.63, 3.8) is 0 Å². The fourth-order valence-corrected chi connectivity index (χ4v) is 4.17. The Balaban J connectivity index is 1.34. The summed E-state index contributed by atoms with van der Waals surface area (Å²) >= 11 is 0. The standard InChI is InChI=1S/C19H18F3N5O3/c20-12-5-10(6-13(21)17(12)22)24-19(29)25-3-4-27-15(9-25)14(7-23-27)26-8-11-1-2-16(30-11)18(26)28/h5-7,11,16H,1-4,8-9H2,(H,24,29). The summed E-state index contributed by atoms with van der Waals surface area (Å²) in [7, 11) is 0. The van der Waals surface area contributed by atoms with Crippen molar-refractivity contribution in [3.05, 3.63) is 41.5 Å². The van der Waals surface area contributed by atoms with Gasteiger partial charge in [0.05, 0.1) is 43.3 Å². The van der Waals surface area contributed by atoms with Crippen molar-refractivity contribution in [1.29, 1.82) is 0 Å². The van der Waals surface area contributed by atoms with E-state index in [2.05, 4.69) is 10.4 Å². The van der Waals surface area contributed by atoms with E-state index in [0.717, 1.165) is 18.6 Å². The van der Waals surface area contributed by atoms with Crippen LogP contribution in [0.25, 0.3) is 0 Å². The number of aromatic nitrogens is 2. The van der Waals surface area contributed by atoms with Gasteiger partial charge >= 0.3 is 6.03 Å². The predicted octanol–water partition coefficient (Wildman–Crippen LogP) is 2.24.